The molecule has 0 radical (unpaired) electrons. The number of unbranched alkanes of at least 4 members (excludes halogenated alkanes) is 15. The Balaban J connectivity index is 4.89. The predicted octanol–water partition coefficient (Wildman–Crippen LogP) is 18.1. The third kappa shape index (κ3) is 56.3. The van der Waals surface area contributed by atoms with Crippen LogP contribution in [0.1, 0.15) is 226 Å². The van der Waals surface area contributed by atoms with Crippen molar-refractivity contribution >= 4 is 25.7 Å². The van der Waals surface area contributed by atoms with Gasteiger partial charge in [0.15, 0.2) is 6.10 Å². The van der Waals surface area contributed by atoms with Gasteiger partial charge in [0, 0.05) is 19.3 Å². The Morgan fingerprint density at radius 2 is 0.692 bits per heavy atom. The third-order valence-electron chi connectivity index (χ3n) is 12.1. The molecule has 0 aromatic carbocycles. The van der Waals surface area contributed by atoms with Crippen molar-refractivity contribution in [3.63, 3.8) is 0 Å². The lowest BCUT2D eigenvalue weighted by molar-refractivity contribution is -0.161. The highest BCUT2D eigenvalue weighted by molar-refractivity contribution is 7.47. The van der Waals surface area contributed by atoms with E-state index in [-0.39, 0.29) is 25.9 Å². The van der Waals surface area contributed by atoms with Crippen LogP contribution < -0.4 is 0 Å². The van der Waals surface area contributed by atoms with Gasteiger partial charge in [0.25, 0.3) is 0 Å². The second kappa shape index (κ2) is 58.8. The van der Waals surface area contributed by atoms with E-state index in [4.69, 9.17) is 23.3 Å². The van der Waals surface area contributed by atoms with Gasteiger partial charge >= 0.3 is 25.7 Å². The average molecular weight is 1110 g/mol. The lowest BCUT2D eigenvalue weighted by atomic mass is 10.1. The van der Waals surface area contributed by atoms with Crippen molar-refractivity contribution in [1.82, 2.24) is 0 Å². The number of hydrogen-bond donors (Lipinski definition) is 2. The maximum Gasteiger partial charge on any atom is 0.472 e. The van der Waals surface area contributed by atoms with Gasteiger partial charge in [0.05, 0.1) is 19.8 Å². The Morgan fingerprint density at radius 3 is 1.14 bits per heavy atom. The SMILES string of the molecule is CC/C=C\C/C=C\C/C=C\C/C=C\C/C=C\C/C=C\CCC(=O)OC(COC(=O)CCCCCCCCC/C=C\CCCCCCCC)COP(=O)(O)OCC(CO)OC(=O)CCCC/C=C\C/C=C\C/C=C\C/C=C\CC. The van der Waals surface area contributed by atoms with E-state index in [1.807, 2.05) is 12.2 Å². The third-order valence-corrected chi connectivity index (χ3v) is 13.0. The number of aliphatic hydroxyl groups excluding tert-OH is 1. The van der Waals surface area contributed by atoms with Gasteiger partial charge in [-0.25, -0.2) is 4.57 Å². The summed E-state index contributed by atoms with van der Waals surface area (Å²) < 4.78 is 39.4. The molecule has 3 unspecified atom stereocenters. The molecule has 3 atom stereocenters. The number of phosphoric ester groups is 1. The summed E-state index contributed by atoms with van der Waals surface area (Å²) in [4.78, 5) is 48.6. The zero-order valence-corrected chi connectivity index (χ0v) is 49.7. The number of aliphatic hydroxyl groups is 1. The van der Waals surface area contributed by atoms with Crippen molar-refractivity contribution in [3.8, 4) is 0 Å². The minimum absolute atomic E-state index is 0.0316. The zero-order valence-electron chi connectivity index (χ0n) is 48.8. The van der Waals surface area contributed by atoms with E-state index in [0.29, 0.717) is 25.7 Å². The van der Waals surface area contributed by atoms with Crippen LogP contribution in [0.4, 0.5) is 0 Å². The van der Waals surface area contributed by atoms with Gasteiger partial charge < -0.3 is 24.2 Å². The minimum Gasteiger partial charge on any atom is -0.462 e. The first-order valence-corrected chi connectivity index (χ1v) is 31.6. The molecule has 0 amide bonds. The molecule has 0 saturated heterocycles. The molecule has 2 N–H and O–H groups in total. The van der Waals surface area contributed by atoms with Crippen LogP contribution in [0, 0.1) is 0 Å². The van der Waals surface area contributed by atoms with Crippen LogP contribution in [-0.2, 0) is 42.2 Å². The van der Waals surface area contributed by atoms with E-state index in [9.17, 15) is 28.9 Å². The molecular formula is C66H107O11P. The summed E-state index contributed by atoms with van der Waals surface area (Å²) in [5.74, 6) is -1.63. The molecule has 0 rings (SSSR count). The Morgan fingerprint density at radius 1 is 0.372 bits per heavy atom. The number of carbonyl (C=O) groups is 3. The number of esters is 3. The summed E-state index contributed by atoms with van der Waals surface area (Å²) >= 11 is 0. The lowest BCUT2D eigenvalue weighted by Crippen LogP contribution is -2.30. The highest BCUT2D eigenvalue weighted by Gasteiger charge is 2.28. The van der Waals surface area contributed by atoms with Crippen molar-refractivity contribution in [2.45, 2.75) is 238 Å². The molecule has 78 heavy (non-hydrogen) atoms. The molecule has 0 aromatic rings. The van der Waals surface area contributed by atoms with E-state index in [1.165, 1.54) is 64.2 Å². The van der Waals surface area contributed by atoms with Crippen molar-refractivity contribution in [1.29, 1.82) is 0 Å². The fourth-order valence-corrected chi connectivity index (χ4v) is 8.33. The van der Waals surface area contributed by atoms with E-state index < -0.39 is 57.8 Å². The normalized spacial score (nSPS) is 14.3. The average Bonchev–Trinajstić information content (AvgIpc) is 3.43. The molecule has 442 valence electrons. The van der Waals surface area contributed by atoms with Crippen LogP contribution >= 0.6 is 7.82 Å². The fourth-order valence-electron chi connectivity index (χ4n) is 7.54. The first-order valence-electron chi connectivity index (χ1n) is 30.1. The second-order valence-corrected chi connectivity index (χ2v) is 20.8. The first-order chi connectivity index (χ1) is 38.2. The van der Waals surface area contributed by atoms with Gasteiger partial charge in [-0.1, -0.05) is 219 Å². The Bertz CT molecular complexity index is 1820. The van der Waals surface area contributed by atoms with Crippen molar-refractivity contribution in [3.05, 3.63) is 134 Å². The summed E-state index contributed by atoms with van der Waals surface area (Å²) in [5, 5.41) is 9.82. The van der Waals surface area contributed by atoms with E-state index in [2.05, 4.69) is 142 Å². The molecule has 0 aromatic heterocycles. The van der Waals surface area contributed by atoms with Gasteiger partial charge in [0.2, 0.25) is 0 Å². The number of carbonyl (C=O) groups excluding carboxylic acids is 3. The number of hydrogen-bond acceptors (Lipinski definition) is 10. The topological polar surface area (TPSA) is 155 Å². The Hall–Kier alpha value is -4.38. The Labute approximate surface area is 474 Å². The van der Waals surface area contributed by atoms with Gasteiger partial charge in [-0.3, -0.25) is 23.4 Å². The fraction of sp³-hybridized carbons (Fsp3) is 0.621. The molecule has 0 aliphatic heterocycles. The van der Waals surface area contributed by atoms with E-state index >= 15 is 0 Å². The maximum atomic E-state index is 12.9. The summed E-state index contributed by atoms with van der Waals surface area (Å²) in [7, 11) is -4.79. The van der Waals surface area contributed by atoms with Crippen LogP contribution in [0.2, 0.25) is 0 Å². The van der Waals surface area contributed by atoms with Gasteiger partial charge in [-0.05, 0) is 122 Å². The summed E-state index contributed by atoms with van der Waals surface area (Å²) in [5.41, 5.74) is 0. The highest BCUT2D eigenvalue weighted by atomic mass is 31.2. The predicted molar refractivity (Wildman–Crippen MR) is 325 cm³/mol. The van der Waals surface area contributed by atoms with Crippen LogP contribution in [0.25, 0.3) is 0 Å². The smallest absolute Gasteiger partial charge is 0.462 e. The largest absolute Gasteiger partial charge is 0.472 e. The monoisotopic (exact) mass is 1110 g/mol. The standard InChI is InChI=1S/C66H107O11P/c1-4-7-10-13-16-19-22-25-28-30-31-33-36-39-42-45-48-51-54-57-66(70)77-63(59-73-64(68)55-52-49-46-43-40-37-35-32-29-26-23-20-17-14-11-8-5-2)61-75-78(71,72)74-60-62(58-67)76-65(69)56-53-50-47-44-41-38-34-27-24-21-18-15-12-9-6-3/h7,9-10,12,16,18-19,21,25-29,31,33-34,39,41-42,44,48,51,62-63,67H,4-6,8,11,13-15,17,20,22-24,30,32,35-38,40,43,45-47,49-50,52-61H2,1-3H3,(H,71,72)/b10-7-,12-9-,19-16-,21-18-,28-25-,29-26-,33-31-,34-27-,42-39-,44-41-,51-48-. The van der Waals surface area contributed by atoms with Crippen LogP contribution in [0.5, 0.6) is 0 Å². The van der Waals surface area contributed by atoms with Crippen molar-refractivity contribution in [2.75, 3.05) is 26.4 Å². The summed E-state index contributed by atoms with van der Waals surface area (Å²) in [6.45, 7) is 4.27. The molecule has 0 fully saturated rings. The molecule has 11 nitrogen and oxygen atoms in total. The van der Waals surface area contributed by atoms with Crippen LogP contribution in [0.15, 0.2) is 134 Å². The molecule has 0 aliphatic rings. The number of rotatable bonds is 54. The van der Waals surface area contributed by atoms with Crippen LogP contribution in [0.3, 0.4) is 0 Å². The number of ether oxygens (including phenoxy) is 3. The summed E-state index contributed by atoms with van der Waals surface area (Å²) in [6, 6.07) is 0. The second-order valence-electron chi connectivity index (χ2n) is 19.4. The zero-order chi connectivity index (χ0) is 56.9. The summed E-state index contributed by atoms with van der Waals surface area (Å²) in [6.07, 6.45) is 74.3. The minimum atomic E-state index is -4.79. The van der Waals surface area contributed by atoms with Crippen LogP contribution in [-0.4, -0.2) is 66.5 Å². The van der Waals surface area contributed by atoms with E-state index in [1.54, 1.807) is 0 Å². The van der Waals surface area contributed by atoms with Gasteiger partial charge in [0.1, 0.15) is 12.7 Å². The highest BCUT2D eigenvalue weighted by Crippen LogP contribution is 2.43. The molecule has 0 heterocycles. The van der Waals surface area contributed by atoms with E-state index in [0.717, 1.165) is 96.3 Å². The van der Waals surface area contributed by atoms with Crippen molar-refractivity contribution < 1.29 is 52.2 Å². The van der Waals surface area contributed by atoms with Gasteiger partial charge in [-0.2, -0.15) is 0 Å². The molecule has 0 saturated carbocycles. The molecular weight excluding hydrogens is 1000 g/mol. The molecule has 0 spiro atoms. The molecule has 0 bridgehead atoms. The quantitative estimate of drug-likeness (QED) is 0.0197. The molecule has 12 heteroatoms. The first kappa shape index (κ1) is 73.6. The van der Waals surface area contributed by atoms with Gasteiger partial charge in [-0.15, -0.1) is 0 Å². The molecule has 0 aliphatic carbocycles. The Kier molecular flexibility index (Phi) is 55.5. The lowest BCUT2D eigenvalue weighted by Gasteiger charge is -2.21. The number of allylic oxidation sites excluding steroid dienone is 22. The maximum absolute atomic E-state index is 12.9. The van der Waals surface area contributed by atoms with Crippen molar-refractivity contribution in [2.24, 2.45) is 0 Å². The number of phosphoric acid groups is 1.